The summed E-state index contributed by atoms with van der Waals surface area (Å²) < 4.78 is 7.53. The molecule has 26 heavy (non-hydrogen) atoms. The quantitative estimate of drug-likeness (QED) is 0.731. The molecule has 1 aliphatic heterocycles. The third kappa shape index (κ3) is 2.96. The van der Waals surface area contributed by atoms with Crippen molar-refractivity contribution in [3.8, 4) is 5.75 Å². The Kier molecular flexibility index (Phi) is 4.21. The second-order valence-electron chi connectivity index (χ2n) is 6.57. The predicted octanol–water partition coefficient (Wildman–Crippen LogP) is 2.83. The van der Waals surface area contributed by atoms with Gasteiger partial charge < -0.3 is 14.2 Å². The van der Waals surface area contributed by atoms with Crippen molar-refractivity contribution in [2.45, 2.75) is 12.5 Å². The smallest absolute Gasteiger partial charge is 0.254 e. The summed E-state index contributed by atoms with van der Waals surface area (Å²) in [4.78, 5) is 27.1. The maximum absolute atomic E-state index is 13.0. The highest BCUT2D eigenvalue weighted by Crippen LogP contribution is 2.22. The molecular weight excluding hydrogens is 328 g/mol. The van der Waals surface area contributed by atoms with Gasteiger partial charge in [-0.1, -0.05) is 36.4 Å². The number of pyridine rings is 1. The number of hydrogen-bond donors (Lipinski definition) is 0. The van der Waals surface area contributed by atoms with Crippen LogP contribution in [0.25, 0.3) is 10.9 Å². The van der Waals surface area contributed by atoms with E-state index < -0.39 is 0 Å². The molecule has 4 rings (SSSR count). The monoisotopic (exact) mass is 348 g/mol. The molecule has 3 aromatic rings. The molecule has 0 saturated carbocycles. The van der Waals surface area contributed by atoms with Gasteiger partial charge in [-0.2, -0.15) is 0 Å². The highest BCUT2D eigenvalue weighted by Gasteiger charge is 2.29. The Hall–Kier alpha value is -3.08. The van der Waals surface area contributed by atoms with Gasteiger partial charge in [0.25, 0.3) is 11.5 Å². The van der Waals surface area contributed by atoms with Crippen LogP contribution in [0.2, 0.25) is 0 Å². The van der Waals surface area contributed by atoms with Gasteiger partial charge in [-0.15, -0.1) is 0 Å². The first-order valence-electron chi connectivity index (χ1n) is 8.73. The van der Waals surface area contributed by atoms with Crippen LogP contribution in [0, 0.1) is 0 Å². The van der Waals surface area contributed by atoms with Crippen molar-refractivity contribution in [3.63, 3.8) is 0 Å². The van der Waals surface area contributed by atoms with Gasteiger partial charge in [0.1, 0.15) is 11.9 Å². The van der Waals surface area contributed by atoms with Crippen LogP contribution >= 0.6 is 0 Å². The summed E-state index contributed by atoms with van der Waals surface area (Å²) in [6.07, 6.45) is 0.753. The first-order chi connectivity index (χ1) is 12.6. The summed E-state index contributed by atoms with van der Waals surface area (Å²) in [5.74, 6) is 0.698. The number of carbonyl (C=O) groups excluding carboxylic acids is 1. The number of aryl methyl sites for hydroxylation is 1. The molecule has 1 aliphatic rings. The lowest BCUT2D eigenvalue weighted by Crippen LogP contribution is -2.32. The van der Waals surface area contributed by atoms with E-state index in [1.165, 1.54) is 6.07 Å². The lowest BCUT2D eigenvalue weighted by Gasteiger charge is -2.19. The molecule has 0 aliphatic carbocycles. The van der Waals surface area contributed by atoms with Crippen LogP contribution in [0.15, 0.2) is 65.5 Å². The Labute approximate surface area is 151 Å². The standard InChI is InChI=1S/C21H20N2O3/c1-22-19-10-6-5-9-17(19)18(13-20(22)24)21(25)23-12-11-16(14-23)26-15-7-3-2-4-8-15/h2-10,13,16H,11-12,14H2,1H3/t16-/m1/s1. The summed E-state index contributed by atoms with van der Waals surface area (Å²) in [6, 6.07) is 18.6. The van der Waals surface area contributed by atoms with Crippen molar-refractivity contribution < 1.29 is 9.53 Å². The molecule has 0 spiro atoms. The summed E-state index contributed by atoms with van der Waals surface area (Å²) >= 11 is 0. The number of ether oxygens (including phenoxy) is 1. The fraction of sp³-hybridized carbons (Fsp3) is 0.238. The molecule has 2 aromatic carbocycles. The number of benzene rings is 2. The Balaban J connectivity index is 1.58. The third-order valence-corrected chi connectivity index (χ3v) is 4.86. The largest absolute Gasteiger partial charge is 0.489 e. The van der Waals surface area contributed by atoms with E-state index in [0.717, 1.165) is 23.1 Å². The van der Waals surface area contributed by atoms with Gasteiger partial charge in [0, 0.05) is 31.5 Å². The Morgan fingerprint density at radius 3 is 2.62 bits per heavy atom. The molecule has 0 unspecified atom stereocenters. The predicted molar refractivity (Wildman–Crippen MR) is 101 cm³/mol. The SMILES string of the molecule is Cn1c(=O)cc(C(=O)N2CC[C@@H](Oc3ccccc3)C2)c2ccccc21. The Bertz CT molecular complexity index is 1010. The van der Waals surface area contributed by atoms with Gasteiger partial charge in [0.05, 0.1) is 17.6 Å². The molecule has 0 bridgehead atoms. The number of rotatable bonds is 3. The van der Waals surface area contributed by atoms with Gasteiger partial charge in [0.15, 0.2) is 0 Å². The van der Waals surface area contributed by atoms with E-state index >= 15 is 0 Å². The van der Waals surface area contributed by atoms with Crippen molar-refractivity contribution in [2.75, 3.05) is 13.1 Å². The highest BCUT2D eigenvalue weighted by atomic mass is 16.5. The fourth-order valence-corrected chi connectivity index (χ4v) is 3.46. The van der Waals surface area contributed by atoms with Crippen LogP contribution in [0.1, 0.15) is 16.8 Å². The van der Waals surface area contributed by atoms with E-state index in [9.17, 15) is 9.59 Å². The van der Waals surface area contributed by atoms with Gasteiger partial charge in [-0.3, -0.25) is 9.59 Å². The Morgan fingerprint density at radius 1 is 1.08 bits per heavy atom. The van der Waals surface area contributed by atoms with E-state index in [0.29, 0.717) is 18.7 Å². The summed E-state index contributed by atoms with van der Waals surface area (Å²) in [6.45, 7) is 1.15. The summed E-state index contributed by atoms with van der Waals surface area (Å²) in [5.41, 5.74) is 1.05. The molecule has 0 N–H and O–H groups in total. The minimum absolute atomic E-state index is 0.0286. The van der Waals surface area contributed by atoms with Crippen LogP contribution in [-0.4, -0.2) is 34.6 Å². The Morgan fingerprint density at radius 2 is 1.81 bits per heavy atom. The van der Waals surface area contributed by atoms with E-state index in [1.807, 2.05) is 54.6 Å². The average molecular weight is 348 g/mol. The number of fused-ring (bicyclic) bond motifs is 1. The van der Waals surface area contributed by atoms with Gasteiger partial charge in [-0.05, 0) is 18.2 Å². The zero-order chi connectivity index (χ0) is 18.1. The normalized spacial score (nSPS) is 16.8. The molecule has 2 heterocycles. The molecule has 5 nitrogen and oxygen atoms in total. The van der Waals surface area contributed by atoms with Gasteiger partial charge >= 0.3 is 0 Å². The van der Waals surface area contributed by atoms with E-state index in [2.05, 4.69) is 0 Å². The number of likely N-dealkylation sites (tertiary alicyclic amines) is 1. The molecule has 1 amide bonds. The van der Waals surface area contributed by atoms with Crippen LogP contribution in [0.5, 0.6) is 5.75 Å². The topological polar surface area (TPSA) is 51.5 Å². The van der Waals surface area contributed by atoms with Crippen molar-refractivity contribution in [2.24, 2.45) is 7.05 Å². The summed E-state index contributed by atoms with van der Waals surface area (Å²) in [7, 11) is 1.72. The number of carbonyl (C=O) groups is 1. The number of aromatic nitrogens is 1. The third-order valence-electron chi connectivity index (χ3n) is 4.86. The molecule has 132 valence electrons. The van der Waals surface area contributed by atoms with E-state index in [1.54, 1.807) is 16.5 Å². The number of para-hydroxylation sites is 2. The zero-order valence-corrected chi connectivity index (χ0v) is 14.6. The van der Waals surface area contributed by atoms with Crippen LogP contribution in [-0.2, 0) is 7.05 Å². The minimum Gasteiger partial charge on any atom is -0.489 e. The van der Waals surface area contributed by atoms with Crippen LogP contribution < -0.4 is 10.3 Å². The highest BCUT2D eigenvalue weighted by molar-refractivity contribution is 6.06. The number of amides is 1. The molecule has 1 atom stereocenters. The first kappa shape index (κ1) is 16.4. The molecule has 5 heteroatoms. The minimum atomic E-state index is -0.177. The van der Waals surface area contributed by atoms with Gasteiger partial charge in [0.2, 0.25) is 0 Å². The van der Waals surface area contributed by atoms with Crippen molar-refractivity contribution in [3.05, 3.63) is 76.6 Å². The van der Waals surface area contributed by atoms with Crippen LogP contribution in [0.4, 0.5) is 0 Å². The maximum atomic E-state index is 13.0. The number of nitrogens with zero attached hydrogens (tertiary/aromatic N) is 2. The van der Waals surface area contributed by atoms with Gasteiger partial charge in [-0.25, -0.2) is 0 Å². The van der Waals surface area contributed by atoms with Crippen molar-refractivity contribution in [1.29, 1.82) is 0 Å². The maximum Gasteiger partial charge on any atom is 0.254 e. The molecular formula is C21H20N2O3. The first-order valence-corrected chi connectivity index (χ1v) is 8.73. The lowest BCUT2D eigenvalue weighted by atomic mass is 10.1. The average Bonchev–Trinajstić information content (AvgIpc) is 3.13. The second-order valence-corrected chi connectivity index (χ2v) is 6.57. The molecule has 1 saturated heterocycles. The second kappa shape index (κ2) is 6.67. The summed E-state index contributed by atoms with van der Waals surface area (Å²) in [5, 5.41) is 0.798. The van der Waals surface area contributed by atoms with Crippen molar-refractivity contribution >= 4 is 16.8 Å². The molecule has 1 aromatic heterocycles. The van der Waals surface area contributed by atoms with E-state index in [-0.39, 0.29) is 17.6 Å². The number of hydrogen-bond acceptors (Lipinski definition) is 3. The fourth-order valence-electron chi connectivity index (χ4n) is 3.46. The zero-order valence-electron chi connectivity index (χ0n) is 14.6. The van der Waals surface area contributed by atoms with E-state index in [4.69, 9.17) is 4.74 Å². The lowest BCUT2D eigenvalue weighted by molar-refractivity contribution is 0.0774. The van der Waals surface area contributed by atoms with Crippen molar-refractivity contribution in [1.82, 2.24) is 9.47 Å². The molecule has 0 radical (unpaired) electrons. The molecule has 1 fully saturated rings. The van der Waals surface area contributed by atoms with Crippen LogP contribution in [0.3, 0.4) is 0 Å².